The molecule has 4 N–H and O–H groups in total. The Kier molecular flexibility index (Phi) is 4.74. The van der Waals surface area contributed by atoms with E-state index in [-0.39, 0.29) is 16.8 Å². The van der Waals surface area contributed by atoms with Gasteiger partial charge >= 0.3 is 19.2 Å². The van der Waals surface area contributed by atoms with Crippen molar-refractivity contribution in [1.29, 1.82) is 0 Å². The third-order valence-electron chi connectivity index (χ3n) is 2.16. The third-order valence-corrected chi connectivity index (χ3v) is 2.16. The number of rotatable bonds is 3. The quantitative estimate of drug-likeness (QED) is 0.581. The molecule has 20 heavy (non-hydrogen) atoms. The standard InChI is InChI=1S/C10H10BF3N2O4/c1-5(17)15-8-3-2-6(4-7(8)11(19)20)16-9(18)10(12,13)14/h2-4,19-20H,1H3,(H,15,17)(H,16,18). The summed E-state index contributed by atoms with van der Waals surface area (Å²) in [6.45, 7) is 1.17. The molecule has 10 heteroatoms. The fourth-order valence-corrected chi connectivity index (χ4v) is 1.36. The molecule has 0 spiro atoms. The van der Waals surface area contributed by atoms with E-state index >= 15 is 0 Å². The highest BCUT2D eigenvalue weighted by molar-refractivity contribution is 6.61. The van der Waals surface area contributed by atoms with Crippen molar-refractivity contribution in [3.05, 3.63) is 18.2 Å². The Morgan fingerprint density at radius 3 is 2.25 bits per heavy atom. The van der Waals surface area contributed by atoms with Gasteiger partial charge in [0, 0.05) is 23.8 Å². The van der Waals surface area contributed by atoms with Gasteiger partial charge in [0.25, 0.3) is 0 Å². The Bertz CT molecular complexity index is 534. The molecule has 2 amide bonds. The molecule has 0 aliphatic rings. The first kappa shape index (κ1) is 16.0. The zero-order chi connectivity index (χ0) is 15.5. The first-order chi connectivity index (χ1) is 9.11. The van der Waals surface area contributed by atoms with Crippen LogP contribution in [0.1, 0.15) is 6.92 Å². The van der Waals surface area contributed by atoms with E-state index in [1.165, 1.54) is 6.92 Å². The number of hydrogen-bond acceptors (Lipinski definition) is 4. The van der Waals surface area contributed by atoms with Crippen LogP contribution in [-0.2, 0) is 9.59 Å². The molecule has 0 saturated heterocycles. The zero-order valence-electron chi connectivity index (χ0n) is 10.2. The molecule has 0 aliphatic carbocycles. The molecule has 1 aromatic carbocycles. The molecule has 0 radical (unpaired) electrons. The fraction of sp³-hybridized carbons (Fsp3) is 0.200. The second-order valence-corrected chi connectivity index (χ2v) is 3.81. The van der Waals surface area contributed by atoms with Gasteiger partial charge in [0.15, 0.2) is 0 Å². The van der Waals surface area contributed by atoms with Crippen LogP contribution in [0.5, 0.6) is 0 Å². The number of hydrogen-bond donors (Lipinski definition) is 4. The minimum Gasteiger partial charge on any atom is -0.423 e. The van der Waals surface area contributed by atoms with E-state index < -0.39 is 25.1 Å². The summed E-state index contributed by atoms with van der Waals surface area (Å²) >= 11 is 0. The summed E-state index contributed by atoms with van der Waals surface area (Å²) in [6, 6.07) is 3.14. The molecule has 0 saturated carbocycles. The molecular weight excluding hydrogens is 280 g/mol. The molecule has 0 unspecified atom stereocenters. The number of carbonyl (C=O) groups is 2. The maximum absolute atomic E-state index is 12.1. The zero-order valence-corrected chi connectivity index (χ0v) is 10.2. The van der Waals surface area contributed by atoms with Crippen molar-refractivity contribution in [2.24, 2.45) is 0 Å². The van der Waals surface area contributed by atoms with Gasteiger partial charge in [0.2, 0.25) is 5.91 Å². The van der Waals surface area contributed by atoms with Gasteiger partial charge in [-0.05, 0) is 18.2 Å². The number of nitrogens with one attached hydrogen (secondary N) is 2. The van der Waals surface area contributed by atoms with Crippen LogP contribution in [0.4, 0.5) is 24.5 Å². The average Bonchev–Trinajstić information content (AvgIpc) is 2.28. The van der Waals surface area contributed by atoms with Gasteiger partial charge in [-0.2, -0.15) is 13.2 Å². The highest BCUT2D eigenvalue weighted by atomic mass is 19.4. The first-order valence-corrected chi connectivity index (χ1v) is 5.27. The molecule has 108 valence electrons. The Morgan fingerprint density at radius 2 is 1.80 bits per heavy atom. The van der Waals surface area contributed by atoms with Crippen LogP contribution in [0, 0.1) is 0 Å². The molecular formula is C10H10BF3N2O4. The van der Waals surface area contributed by atoms with Crippen LogP contribution in [0.3, 0.4) is 0 Å². The molecule has 6 nitrogen and oxygen atoms in total. The lowest BCUT2D eigenvalue weighted by molar-refractivity contribution is -0.167. The monoisotopic (exact) mass is 290 g/mol. The number of halogens is 3. The topological polar surface area (TPSA) is 98.7 Å². The molecule has 0 aliphatic heterocycles. The van der Waals surface area contributed by atoms with Crippen LogP contribution in [0.25, 0.3) is 0 Å². The molecule has 1 aromatic rings. The second-order valence-electron chi connectivity index (χ2n) is 3.81. The second kappa shape index (κ2) is 5.93. The van der Waals surface area contributed by atoms with Gasteiger partial charge in [-0.3, -0.25) is 9.59 Å². The minimum absolute atomic E-state index is 0.0116. The minimum atomic E-state index is -5.06. The van der Waals surface area contributed by atoms with Crippen molar-refractivity contribution < 1.29 is 32.8 Å². The van der Waals surface area contributed by atoms with Gasteiger partial charge in [-0.25, -0.2) is 0 Å². The van der Waals surface area contributed by atoms with E-state index in [9.17, 15) is 22.8 Å². The Morgan fingerprint density at radius 1 is 1.20 bits per heavy atom. The van der Waals surface area contributed by atoms with Crippen LogP contribution in [0.15, 0.2) is 18.2 Å². The summed E-state index contributed by atoms with van der Waals surface area (Å²) < 4.78 is 36.2. The number of benzene rings is 1. The van der Waals surface area contributed by atoms with Crippen LogP contribution in [-0.4, -0.2) is 35.2 Å². The molecule has 0 atom stereocenters. The Labute approximate surface area is 111 Å². The molecule has 0 bridgehead atoms. The van der Waals surface area contributed by atoms with Gasteiger partial charge in [0.05, 0.1) is 0 Å². The van der Waals surface area contributed by atoms with Crippen molar-refractivity contribution in [3.63, 3.8) is 0 Å². The van der Waals surface area contributed by atoms with Crippen molar-refractivity contribution >= 4 is 35.8 Å². The maximum Gasteiger partial charge on any atom is 0.490 e. The number of carbonyl (C=O) groups excluding carboxylic acids is 2. The van der Waals surface area contributed by atoms with Gasteiger partial charge in [-0.1, -0.05) is 0 Å². The maximum atomic E-state index is 12.1. The van der Waals surface area contributed by atoms with Crippen LogP contribution >= 0.6 is 0 Å². The predicted octanol–water partition coefficient (Wildman–Crippen LogP) is -0.174. The number of anilines is 2. The van der Waals surface area contributed by atoms with Crippen LogP contribution < -0.4 is 16.1 Å². The highest BCUT2D eigenvalue weighted by Gasteiger charge is 2.38. The van der Waals surface area contributed by atoms with E-state index in [2.05, 4.69) is 5.32 Å². The Hall–Kier alpha value is -2.07. The SMILES string of the molecule is CC(=O)Nc1ccc(NC(=O)C(F)(F)F)cc1B(O)O. The summed E-state index contributed by atoms with van der Waals surface area (Å²) in [5.74, 6) is -2.69. The lowest BCUT2D eigenvalue weighted by atomic mass is 9.78. The predicted molar refractivity (Wildman–Crippen MR) is 65.3 cm³/mol. The molecule has 0 heterocycles. The van der Waals surface area contributed by atoms with E-state index in [0.717, 1.165) is 18.2 Å². The molecule has 1 rings (SSSR count). The third kappa shape index (κ3) is 4.25. The summed E-state index contributed by atoms with van der Waals surface area (Å²) in [4.78, 5) is 21.6. The number of amides is 2. The number of alkyl halides is 3. The fourth-order valence-electron chi connectivity index (χ4n) is 1.36. The van der Waals surface area contributed by atoms with E-state index in [1.54, 1.807) is 5.32 Å². The van der Waals surface area contributed by atoms with Gasteiger partial charge < -0.3 is 20.7 Å². The molecule has 0 fully saturated rings. The lowest BCUT2D eigenvalue weighted by Crippen LogP contribution is -2.35. The van der Waals surface area contributed by atoms with Gasteiger partial charge in [0.1, 0.15) is 0 Å². The van der Waals surface area contributed by atoms with Crippen molar-refractivity contribution in [2.75, 3.05) is 10.6 Å². The average molecular weight is 290 g/mol. The summed E-state index contributed by atoms with van der Waals surface area (Å²) in [7, 11) is -2.03. The molecule has 0 aromatic heterocycles. The lowest BCUT2D eigenvalue weighted by Gasteiger charge is -2.13. The van der Waals surface area contributed by atoms with Crippen molar-refractivity contribution in [1.82, 2.24) is 0 Å². The summed E-state index contributed by atoms with van der Waals surface area (Å²) in [5.41, 5.74) is -0.526. The summed E-state index contributed by atoms with van der Waals surface area (Å²) in [5, 5.41) is 22.0. The van der Waals surface area contributed by atoms with E-state index in [0.29, 0.717) is 0 Å². The normalized spacial score (nSPS) is 10.9. The largest absolute Gasteiger partial charge is 0.490 e. The van der Waals surface area contributed by atoms with Crippen molar-refractivity contribution in [2.45, 2.75) is 13.1 Å². The van der Waals surface area contributed by atoms with Gasteiger partial charge in [-0.15, -0.1) is 0 Å². The van der Waals surface area contributed by atoms with E-state index in [1.807, 2.05) is 0 Å². The highest BCUT2D eigenvalue weighted by Crippen LogP contribution is 2.19. The van der Waals surface area contributed by atoms with Crippen LogP contribution in [0.2, 0.25) is 0 Å². The Balaban J connectivity index is 3.05. The van der Waals surface area contributed by atoms with Crippen molar-refractivity contribution in [3.8, 4) is 0 Å². The van der Waals surface area contributed by atoms with E-state index in [4.69, 9.17) is 10.0 Å². The smallest absolute Gasteiger partial charge is 0.423 e. The summed E-state index contributed by atoms with van der Waals surface area (Å²) in [6.07, 6.45) is -5.06. The first-order valence-electron chi connectivity index (χ1n) is 5.27.